The van der Waals surface area contributed by atoms with Gasteiger partial charge in [-0.05, 0) is 25.0 Å². The summed E-state index contributed by atoms with van der Waals surface area (Å²) in [4.78, 5) is 14.5. The van der Waals surface area contributed by atoms with Crippen LogP contribution in [0.3, 0.4) is 0 Å². The maximum atomic E-state index is 11.3. The Balaban J connectivity index is 0.00000162. The molecule has 2 aromatic rings. The third-order valence-electron chi connectivity index (χ3n) is 2.78. The second-order valence-corrected chi connectivity index (χ2v) is 4.19. The van der Waals surface area contributed by atoms with Gasteiger partial charge in [0.2, 0.25) is 5.91 Å². The maximum absolute atomic E-state index is 11.3. The lowest BCUT2D eigenvalue weighted by Crippen LogP contribution is -2.39. The fourth-order valence-corrected chi connectivity index (χ4v) is 1.82. The molecular formula is C13H18ClN3O. The third-order valence-corrected chi connectivity index (χ3v) is 2.78. The summed E-state index contributed by atoms with van der Waals surface area (Å²) >= 11 is 0. The summed E-state index contributed by atoms with van der Waals surface area (Å²) in [6, 6.07) is 7.69. The largest absolute Gasteiger partial charge is 0.361 e. The number of fused-ring (bicyclic) bond motifs is 1. The average molecular weight is 268 g/mol. The van der Waals surface area contributed by atoms with Gasteiger partial charge in [0, 0.05) is 23.6 Å². The number of para-hydroxylation sites is 1. The van der Waals surface area contributed by atoms with Gasteiger partial charge in [-0.3, -0.25) is 4.79 Å². The first-order valence-electron chi connectivity index (χ1n) is 5.77. The van der Waals surface area contributed by atoms with Crippen LogP contribution in [-0.4, -0.2) is 23.5 Å². The Labute approximate surface area is 112 Å². The highest BCUT2D eigenvalue weighted by Crippen LogP contribution is 2.17. The Morgan fingerprint density at radius 1 is 1.44 bits per heavy atom. The first-order chi connectivity index (χ1) is 8.18. The van der Waals surface area contributed by atoms with Gasteiger partial charge in [-0.25, -0.2) is 0 Å². The molecule has 1 atom stereocenters. The Bertz CT molecular complexity index is 522. The molecular weight excluding hydrogens is 250 g/mol. The minimum absolute atomic E-state index is 0. The van der Waals surface area contributed by atoms with Crippen molar-refractivity contribution in [2.45, 2.75) is 19.4 Å². The fourth-order valence-electron chi connectivity index (χ4n) is 1.82. The van der Waals surface area contributed by atoms with E-state index in [9.17, 15) is 4.79 Å². The highest BCUT2D eigenvalue weighted by molar-refractivity contribution is 5.85. The number of carbonyl (C=O) groups excluding carboxylic acids is 1. The van der Waals surface area contributed by atoms with E-state index in [1.807, 2.05) is 24.4 Å². The van der Waals surface area contributed by atoms with E-state index in [4.69, 9.17) is 5.73 Å². The number of nitrogens with two attached hydrogens (primary N) is 1. The van der Waals surface area contributed by atoms with Gasteiger partial charge in [0.15, 0.2) is 0 Å². The Morgan fingerprint density at radius 3 is 2.89 bits per heavy atom. The zero-order chi connectivity index (χ0) is 12.3. The standard InChI is InChI=1S/C13H17N3O.ClH/c1-9(14)13(17)15-7-6-10-8-16-12-5-3-2-4-11(10)12;/h2-5,8-9,16H,6-7,14H2,1H3,(H,15,17);1H/t9-;/m0./s1. The molecule has 1 aromatic heterocycles. The van der Waals surface area contributed by atoms with Crippen LogP contribution in [0.1, 0.15) is 12.5 Å². The molecule has 98 valence electrons. The molecule has 0 aliphatic carbocycles. The molecule has 0 bridgehead atoms. The number of rotatable bonds is 4. The molecule has 0 saturated carbocycles. The van der Waals surface area contributed by atoms with E-state index in [0.717, 1.165) is 11.9 Å². The number of hydrogen-bond donors (Lipinski definition) is 3. The topological polar surface area (TPSA) is 70.9 Å². The zero-order valence-corrected chi connectivity index (χ0v) is 11.1. The number of carbonyl (C=O) groups is 1. The van der Waals surface area contributed by atoms with Crippen LogP contribution >= 0.6 is 12.4 Å². The Kier molecular flexibility index (Phi) is 5.19. The van der Waals surface area contributed by atoms with Crippen molar-refractivity contribution in [3.8, 4) is 0 Å². The van der Waals surface area contributed by atoms with Crippen LogP contribution in [0.25, 0.3) is 10.9 Å². The van der Waals surface area contributed by atoms with Gasteiger partial charge in [-0.2, -0.15) is 0 Å². The summed E-state index contributed by atoms with van der Waals surface area (Å²) in [5.41, 5.74) is 7.81. The van der Waals surface area contributed by atoms with E-state index in [1.54, 1.807) is 6.92 Å². The van der Waals surface area contributed by atoms with Crippen LogP contribution in [0.2, 0.25) is 0 Å². The monoisotopic (exact) mass is 267 g/mol. The van der Waals surface area contributed by atoms with Crippen LogP contribution in [0.4, 0.5) is 0 Å². The quantitative estimate of drug-likeness (QED) is 0.787. The van der Waals surface area contributed by atoms with Gasteiger partial charge < -0.3 is 16.0 Å². The molecule has 1 aromatic carbocycles. The minimum atomic E-state index is -0.446. The van der Waals surface area contributed by atoms with E-state index < -0.39 is 6.04 Å². The number of aromatic amines is 1. The van der Waals surface area contributed by atoms with Crippen molar-refractivity contribution in [1.29, 1.82) is 0 Å². The van der Waals surface area contributed by atoms with Crippen LogP contribution in [0.15, 0.2) is 30.5 Å². The lowest BCUT2D eigenvalue weighted by atomic mass is 10.1. The zero-order valence-electron chi connectivity index (χ0n) is 10.3. The van der Waals surface area contributed by atoms with E-state index in [1.165, 1.54) is 10.9 Å². The molecule has 0 fully saturated rings. The maximum Gasteiger partial charge on any atom is 0.236 e. The van der Waals surface area contributed by atoms with Crippen molar-refractivity contribution < 1.29 is 4.79 Å². The molecule has 0 spiro atoms. The molecule has 4 N–H and O–H groups in total. The molecule has 18 heavy (non-hydrogen) atoms. The summed E-state index contributed by atoms with van der Waals surface area (Å²) in [5.74, 6) is -0.107. The smallest absolute Gasteiger partial charge is 0.236 e. The van der Waals surface area contributed by atoms with Gasteiger partial charge in [-0.15, -0.1) is 12.4 Å². The van der Waals surface area contributed by atoms with Gasteiger partial charge in [0.25, 0.3) is 0 Å². The predicted octanol–water partition coefficient (Wildman–Crippen LogP) is 1.60. The van der Waals surface area contributed by atoms with Crippen LogP contribution in [0.5, 0.6) is 0 Å². The van der Waals surface area contributed by atoms with Crippen molar-refractivity contribution in [2.24, 2.45) is 5.73 Å². The first-order valence-corrected chi connectivity index (χ1v) is 5.77. The highest BCUT2D eigenvalue weighted by atomic mass is 35.5. The number of aromatic nitrogens is 1. The minimum Gasteiger partial charge on any atom is -0.361 e. The van der Waals surface area contributed by atoms with Crippen molar-refractivity contribution in [3.05, 3.63) is 36.0 Å². The first kappa shape index (κ1) is 14.5. The third kappa shape index (κ3) is 3.24. The molecule has 5 heteroatoms. The molecule has 1 amide bonds. The predicted molar refractivity (Wildman–Crippen MR) is 75.9 cm³/mol. The number of amides is 1. The van der Waals surface area contributed by atoms with Crippen LogP contribution in [-0.2, 0) is 11.2 Å². The second-order valence-electron chi connectivity index (χ2n) is 4.19. The van der Waals surface area contributed by atoms with Crippen molar-refractivity contribution in [2.75, 3.05) is 6.54 Å². The molecule has 2 rings (SSSR count). The number of nitrogens with one attached hydrogen (secondary N) is 2. The van der Waals surface area contributed by atoms with E-state index in [0.29, 0.717) is 6.54 Å². The van der Waals surface area contributed by atoms with Crippen molar-refractivity contribution in [1.82, 2.24) is 10.3 Å². The normalized spacial score (nSPS) is 11.9. The molecule has 4 nitrogen and oxygen atoms in total. The van der Waals surface area contributed by atoms with Gasteiger partial charge >= 0.3 is 0 Å². The summed E-state index contributed by atoms with van der Waals surface area (Å²) < 4.78 is 0. The van der Waals surface area contributed by atoms with E-state index in [-0.39, 0.29) is 18.3 Å². The number of benzene rings is 1. The average Bonchev–Trinajstić information content (AvgIpc) is 2.72. The molecule has 0 saturated heterocycles. The molecule has 0 aliphatic heterocycles. The van der Waals surface area contributed by atoms with Gasteiger partial charge in [0.05, 0.1) is 6.04 Å². The second kappa shape index (κ2) is 6.42. The van der Waals surface area contributed by atoms with Crippen molar-refractivity contribution >= 4 is 29.2 Å². The van der Waals surface area contributed by atoms with Crippen LogP contribution in [0, 0.1) is 0 Å². The fraction of sp³-hybridized carbons (Fsp3) is 0.308. The summed E-state index contributed by atoms with van der Waals surface area (Å²) in [7, 11) is 0. The number of H-pyrrole nitrogens is 1. The molecule has 0 aliphatic rings. The van der Waals surface area contributed by atoms with Crippen LogP contribution < -0.4 is 11.1 Å². The van der Waals surface area contributed by atoms with Gasteiger partial charge in [-0.1, -0.05) is 18.2 Å². The summed E-state index contributed by atoms with van der Waals surface area (Å²) in [5, 5.41) is 4.02. The Hall–Kier alpha value is -1.52. The highest BCUT2D eigenvalue weighted by Gasteiger charge is 2.07. The SMILES string of the molecule is C[C@H](N)C(=O)NCCc1c[nH]c2ccccc12.Cl. The lowest BCUT2D eigenvalue weighted by Gasteiger charge is -2.06. The molecule has 0 unspecified atom stereocenters. The molecule has 0 radical (unpaired) electrons. The van der Waals surface area contributed by atoms with Gasteiger partial charge in [0.1, 0.15) is 0 Å². The number of hydrogen-bond acceptors (Lipinski definition) is 2. The van der Waals surface area contributed by atoms with Crippen molar-refractivity contribution in [3.63, 3.8) is 0 Å². The summed E-state index contributed by atoms with van der Waals surface area (Å²) in [6.45, 7) is 2.29. The summed E-state index contributed by atoms with van der Waals surface area (Å²) in [6.07, 6.45) is 2.80. The van der Waals surface area contributed by atoms with E-state index >= 15 is 0 Å². The Morgan fingerprint density at radius 2 is 2.17 bits per heavy atom. The number of halogens is 1. The molecule has 1 heterocycles. The van der Waals surface area contributed by atoms with E-state index in [2.05, 4.69) is 16.4 Å². The lowest BCUT2D eigenvalue weighted by molar-refractivity contribution is -0.121.